The molecule has 1 saturated carbocycles. The summed E-state index contributed by atoms with van der Waals surface area (Å²) in [7, 11) is 0. The SMILES string of the molecule is O=C(O)[C@H]1CCCN(C(=O)N2CCOC3CCCC32)C1. The number of rotatable bonds is 1. The lowest BCUT2D eigenvalue weighted by Crippen LogP contribution is -2.57. The van der Waals surface area contributed by atoms with E-state index in [1.165, 1.54) is 0 Å². The van der Waals surface area contributed by atoms with Crippen molar-refractivity contribution in [3.8, 4) is 0 Å². The van der Waals surface area contributed by atoms with Gasteiger partial charge in [0.1, 0.15) is 0 Å². The number of carboxylic acid groups (broad SMARTS) is 1. The van der Waals surface area contributed by atoms with Crippen molar-refractivity contribution in [1.29, 1.82) is 0 Å². The first-order valence-electron chi connectivity index (χ1n) is 7.57. The first kappa shape index (κ1) is 13.7. The number of carboxylic acids is 1. The Morgan fingerprint density at radius 1 is 1.10 bits per heavy atom. The van der Waals surface area contributed by atoms with E-state index < -0.39 is 11.9 Å². The highest BCUT2D eigenvalue weighted by atomic mass is 16.5. The zero-order valence-corrected chi connectivity index (χ0v) is 11.7. The number of aliphatic carboxylic acids is 1. The van der Waals surface area contributed by atoms with Crippen molar-refractivity contribution < 1.29 is 19.4 Å². The van der Waals surface area contributed by atoms with Gasteiger partial charge in [-0.15, -0.1) is 0 Å². The molecule has 2 amide bonds. The molecule has 0 aromatic rings. The van der Waals surface area contributed by atoms with E-state index in [-0.39, 0.29) is 18.2 Å². The number of piperidine rings is 1. The molecule has 0 aromatic heterocycles. The van der Waals surface area contributed by atoms with Gasteiger partial charge in [0, 0.05) is 19.6 Å². The first-order valence-corrected chi connectivity index (χ1v) is 7.57. The summed E-state index contributed by atoms with van der Waals surface area (Å²) >= 11 is 0. The van der Waals surface area contributed by atoms with Crippen LogP contribution in [0.2, 0.25) is 0 Å². The van der Waals surface area contributed by atoms with Crippen LogP contribution in [0.25, 0.3) is 0 Å². The van der Waals surface area contributed by atoms with Crippen molar-refractivity contribution in [3.05, 3.63) is 0 Å². The quantitative estimate of drug-likeness (QED) is 0.783. The smallest absolute Gasteiger partial charge is 0.320 e. The monoisotopic (exact) mass is 282 g/mol. The second kappa shape index (κ2) is 5.60. The Balaban J connectivity index is 1.66. The molecule has 3 fully saturated rings. The number of likely N-dealkylation sites (tertiary alicyclic amines) is 1. The Kier molecular flexibility index (Phi) is 3.83. The summed E-state index contributed by atoms with van der Waals surface area (Å²) < 4.78 is 5.72. The van der Waals surface area contributed by atoms with Gasteiger partial charge in [0.25, 0.3) is 0 Å². The summed E-state index contributed by atoms with van der Waals surface area (Å²) in [5, 5.41) is 9.13. The lowest BCUT2D eigenvalue weighted by atomic mass is 9.98. The zero-order chi connectivity index (χ0) is 14.1. The van der Waals surface area contributed by atoms with Crippen molar-refractivity contribution in [3.63, 3.8) is 0 Å². The third-order valence-corrected chi connectivity index (χ3v) is 4.77. The van der Waals surface area contributed by atoms with Gasteiger partial charge in [-0.2, -0.15) is 0 Å². The molecule has 3 atom stereocenters. The molecule has 2 heterocycles. The molecule has 2 unspecified atom stereocenters. The minimum absolute atomic E-state index is 0.0103. The van der Waals surface area contributed by atoms with Gasteiger partial charge in [-0.1, -0.05) is 0 Å². The van der Waals surface area contributed by atoms with Crippen molar-refractivity contribution in [1.82, 2.24) is 9.80 Å². The number of carbonyl (C=O) groups is 2. The Bertz CT molecular complexity index is 401. The maximum atomic E-state index is 12.7. The van der Waals surface area contributed by atoms with Crippen LogP contribution in [0.5, 0.6) is 0 Å². The van der Waals surface area contributed by atoms with Gasteiger partial charge >= 0.3 is 12.0 Å². The molecule has 0 bridgehead atoms. The van der Waals surface area contributed by atoms with Crippen LogP contribution in [0.3, 0.4) is 0 Å². The Hall–Kier alpha value is -1.30. The molecule has 0 aromatic carbocycles. The van der Waals surface area contributed by atoms with E-state index in [1.54, 1.807) is 4.90 Å². The Morgan fingerprint density at radius 2 is 1.95 bits per heavy atom. The number of hydrogen-bond acceptors (Lipinski definition) is 3. The number of ether oxygens (including phenoxy) is 1. The third-order valence-electron chi connectivity index (χ3n) is 4.77. The predicted octanol–water partition coefficient (Wildman–Crippen LogP) is 1.16. The molecule has 1 N–H and O–H groups in total. The summed E-state index contributed by atoms with van der Waals surface area (Å²) in [5.41, 5.74) is 0. The highest BCUT2D eigenvalue weighted by molar-refractivity contribution is 5.77. The number of amides is 2. The minimum atomic E-state index is -0.789. The summed E-state index contributed by atoms with van der Waals surface area (Å²) in [5.74, 6) is -1.20. The molecular weight excluding hydrogens is 260 g/mol. The summed E-state index contributed by atoms with van der Waals surface area (Å²) in [4.78, 5) is 27.4. The Labute approximate surface area is 118 Å². The van der Waals surface area contributed by atoms with Crippen LogP contribution in [0.15, 0.2) is 0 Å². The number of nitrogens with zero attached hydrogens (tertiary/aromatic N) is 2. The summed E-state index contributed by atoms with van der Waals surface area (Å²) in [6.45, 7) is 2.26. The van der Waals surface area contributed by atoms with Crippen molar-refractivity contribution in [2.75, 3.05) is 26.2 Å². The standard InChI is InChI=1S/C14H22N2O4/c17-13(18)10-3-2-6-15(9-10)14(19)16-7-8-20-12-5-1-4-11(12)16/h10-12H,1-9H2,(H,17,18)/t10-,11?,12?/m0/s1. The average molecular weight is 282 g/mol. The van der Waals surface area contributed by atoms with Gasteiger partial charge in [-0.05, 0) is 32.1 Å². The van der Waals surface area contributed by atoms with Crippen molar-refractivity contribution in [2.24, 2.45) is 5.92 Å². The molecule has 112 valence electrons. The van der Waals surface area contributed by atoms with E-state index in [0.29, 0.717) is 32.7 Å². The van der Waals surface area contributed by atoms with Gasteiger partial charge in [0.05, 0.1) is 24.7 Å². The van der Waals surface area contributed by atoms with Crippen molar-refractivity contribution >= 4 is 12.0 Å². The number of fused-ring (bicyclic) bond motifs is 1. The molecule has 6 nitrogen and oxygen atoms in total. The molecule has 2 saturated heterocycles. The van der Waals surface area contributed by atoms with Crippen molar-refractivity contribution in [2.45, 2.75) is 44.2 Å². The second-order valence-electron chi connectivity index (χ2n) is 6.01. The molecule has 3 rings (SSSR count). The fraction of sp³-hybridized carbons (Fsp3) is 0.857. The molecule has 0 spiro atoms. The fourth-order valence-electron chi connectivity index (χ4n) is 3.70. The zero-order valence-electron chi connectivity index (χ0n) is 11.7. The van der Waals surface area contributed by atoms with Crippen LogP contribution >= 0.6 is 0 Å². The molecule has 20 heavy (non-hydrogen) atoms. The molecular formula is C14H22N2O4. The van der Waals surface area contributed by atoms with E-state index >= 15 is 0 Å². The van der Waals surface area contributed by atoms with Gasteiger partial charge in [0.2, 0.25) is 0 Å². The minimum Gasteiger partial charge on any atom is -0.481 e. The highest BCUT2D eigenvalue weighted by Gasteiger charge is 2.40. The number of urea groups is 1. The predicted molar refractivity (Wildman–Crippen MR) is 71.4 cm³/mol. The largest absolute Gasteiger partial charge is 0.481 e. The third kappa shape index (κ3) is 2.49. The van der Waals surface area contributed by atoms with Crippen LogP contribution < -0.4 is 0 Å². The van der Waals surface area contributed by atoms with Crippen LogP contribution in [-0.2, 0) is 9.53 Å². The summed E-state index contributed by atoms with van der Waals surface area (Å²) in [6, 6.07) is 0.206. The lowest BCUT2D eigenvalue weighted by molar-refractivity contribution is -0.143. The van der Waals surface area contributed by atoms with E-state index in [0.717, 1.165) is 25.7 Å². The topological polar surface area (TPSA) is 70.1 Å². The van der Waals surface area contributed by atoms with Crippen LogP contribution in [0.1, 0.15) is 32.1 Å². The van der Waals surface area contributed by atoms with Crippen LogP contribution in [-0.4, -0.2) is 65.3 Å². The van der Waals surface area contributed by atoms with E-state index in [9.17, 15) is 9.59 Å². The van der Waals surface area contributed by atoms with Crippen LogP contribution in [0.4, 0.5) is 4.79 Å². The molecule has 3 aliphatic rings. The maximum absolute atomic E-state index is 12.7. The van der Waals surface area contributed by atoms with E-state index in [2.05, 4.69) is 0 Å². The number of carbonyl (C=O) groups excluding carboxylic acids is 1. The molecule has 1 aliphatic carbocycles. The first-order chi connectivity index (χ1) is 9.66. The second-order valence-corrected chi connectivity index (χ2v) is 6.01. The van der Waals surface area contributed by atoms with Crippen LogP contribution in [0, 0.1) is 5.92 Å². The number of hydrogen-bond donors (Lipinski definition) is 1. The fourth-order valence-corrected chi connectivity index (χ4v) is 3.70. The van der Waals surface area contributed by atoms with E-state index in [4.69, 9.17) is 9.84 Å². The molecule has 6 heteroatoms. The van der Waals surface area contributed by atoms with Gasteiger partial charge in [-0.25, -0.2) is 4.79 Å². The summed E-state index contributed by atoms with van der Waals surface area (Å²) in [6.07, 6.45) is 4.79. The number of morpholine rings is 1. The normalized spacial score (nSPS) is 33.9. The van der Waals surface area contributed by atoms with Gasteiger partial charge in [-0.3, -0.25) is 4.79 Å². The van der Waals surface area contributed by atoms with E-state index in [1.807, 2.05) is 4.90 Å². The molecule has 2 aliphatic heterocycles. The van der Waals surface area contributed by atoms with Gasteiger partial charge in [0.15, 0.2) is 0 Å². The Morgan fingerprint density at radius 3 is 2.75 bits per heavy atom. The average Bonchev–Trinajstić information content (AvgIpc) is 2.95. The van der Waals surface area contributed by atoms with Gasteiger partial charge < -0.3 is 19.6 Å². The lowest BCUT2D eigenvalue weighted by Gasteiger charge is -2.42. The molecule has 0 radical (unpaired) electrons. The highest BCUT2D eigenvalue weighted by Crippen LogP contribution is 2.31. The maximum Gasteiger partial charge on any atom is 0.320 e.